The summed E-state index contributed by atoms with van der Waals surface area (Å²) in [4.78, 5) is 8.37. The zero-order chi connectivity index (χ0) is 11.8. The maximum atomic E-state index is 6.07. The van der Waals surface area contributed by atoms with Crippen LogP contribution in [0.4, 0.5) is 11.8 Å². The summed E-state index contributed by atoms with van der Waals surface area (Å²) in [6.45, 7) is 4.37. The van der Waals surface area contributed by atoms with Crippen LogP contribution in [0.5, 0.6) is 0 Å². The third-order valence-electron chi connectivity index (χ3n) is 3.01. The van der Waals surface area contributed by atoms with Crippen molar-refractivity contribution in [2.45, 2.75) is 32.2 Å². The second-order valence-electron chi connectivity index (χ2n) is 4.76. The Balaban J connectivity index is 2.19. The highest BCUT2D eigenvalue weighted by atomic mass is 35.5. The lowest BCUT2D eigenvalue weighted by atomic mass is 9.99. The minimum absolute atomic E-state index is 0.0446. The van der Waals surface area contributed by atoms with Crippen LogP contribution in [0.3, 0.4) is 0 Å². The molecule has 1 aliphatic carbocycles. The molecule has 16 heavy (non-hydrogen) atoms. The van der Waals surface area contributed by atoms with Crippen molar-refractivity contribution in [2.24, 2.45) is 5.92 Å². The van der Waals surface area contributed by atoms with Crippen molar-refractivity contribution in [3.05, 3.63) is 11.2 Å². The van der Waals surface area contributed by atoms with Crippen LogP contribution in [-0.2, 0) is 0 Å². The van der Waals surface area contributed by atoms with Gasteiger partial charge in [0, 0.05) is 12.6 Å². The first kappa shape index (κ1) is 11.5. The molecule has 2 rings (SSSR count). The smallest absolute Gasteiger partial charge is 0.224 e. The SMILES string of the molecule is CNc1ncc(Cl)c(NC(C)(C)C2CC2)n1. The predicted molar refractivity (Wildman–Crippen MR) is 67.0 cm³/mol. The third kappa shape index (κ3) is 2.38. The van der Waals surface area contributed by atoms with Crippen molar-refractivity contribution in [1.29, 1.82) is 0 Å². The van der Waals surface area contributed by atoms with Crippen LogP contribution in [0, 0.1) is 5.92 Å². The maximum absolute atomic E-state index is 6.07. The summed E-state index contributed by atoms with van der Waals surface area (Å²) < 4.78 is 0. The molecular weight excluding hydrogens is 224 g/mol. The predicted octanol–water partition coefficient (Wildman–Crippen LogP) is 2.77. The monoisotopic (exact) mass is 240 g/mol. The van der Waals surface area contributed by atoms with Crippen LogP contribution in [0.1, 0.15) is 26.7 Å². The molecule has 0 atom stereocenters. The quantitative estimate of drug-likeness (QED) is 0.850. The van der Waals surface area contributed by atoms with Crippen molar-refractivity contribution < 1.29 is 0 Å². The Hall–Kier alpha value is -1.03. The third-order valence-corrected chi connectivity index (χ3v) is 3.28. The molecule has 0 saturated heterocycles. The van der Waals surface area contributed by atoms with Crippen molar-refractivity contribution in [2.75, 3.05) is 17.7 Å². The van der Waals surface area contributed by atoms with E-state index in [2.05, 4.69) is 34.4 Å². The van der Waals surface area contributed by atoms with Gasteiger partial charge in [-0.3, -0.25) is 0 Å². The van der Waals surface area contributed by atoms with E-state index in [1.54, 1.807) is 13.2 Å². The van der Waals surface area contributed by atoms with Crippen LogP contribution >= 0.6 is 11.6 Å². The number of nitrogens with one attached hydrogen (secondary N) is 2. The zero-order valence-electron chi connectivity index (χ0n) is 9.84. The lowest BCUT2D eigenvalue weighted by Gasteiger charge is -2.27. The number of anilines is 2. The van der Waals surface area contributed by atoms with Gasteiger partial charge in [0.2, 0.25) is 5.95 Å². The summed E-state index contributed by atoms with van der Waals surface area (Å²) in [5, 5.41) is 6.87. The normalized spacial score (nSPS) is 16.0. The van der Waals surface area contributed by atoms with Gasteiger partial charge in [-0.2, -0.15) is 4.98 Å². The molecule has 88 valence electrons. The second-order valence-corrected chi connectivity index (χ2v) is 5.17. The molecule has 1 aromatic heterocycles. The summed E-state index contributed by atoms with van der Waals surface area (Å²) in [7, 11) is 1.79. The van der Waals surface area contributed by atoms with Gasteiger partial charge in [-0.05, 0) is 32.6 Å². The van der Waals surface area contributed by atoms with Gasteiger partial charge in [-0.25, -0.2) is 4.98 Å². The molecule has 1 saturated carbocycles. The summed E-state index contributed by atoms with van der Waals surface area (Å²) in [6.07, 6.45) is 4.18. The van der Waals surface area contributed by atoms with Gasteiger partial charge in [0.15, 0.2) is 5.82 Å². The standard InChI is InChI=1S/C11H17ClN4/c1-11(2,7-4-5-7)16-9-8(12)6-14-10(13-3)15-9/h6-7H,4-5H2,1-3H3,(H2,13,14,15,16). The highest BCUT2D eigenvalue weighted by Crippen LogP contribution is 2.41. The van der Waals surface area contributed by atoms with E-state index in [-0.39, 0.29) is 5.54 Å². The minimum Gasteiger partial charge on any atom is -0.364 e. The van der Waals surface area contributed by atoms with Crippen LogP contribution in [0.25, 0.3) is 0 Å². The average Bonchev–Trinajstić information content (AvgIpc) is 3.04. The molecule has 0 unspecified atom stereocenters. The van der Waals surface area contributed by atoms with E-state index in [0.29, 0.717) is 16.8 Å². The lowest BCUT2D eigenvalue weighted by Crippen LogP contribution is -2.33. The number of halogens is 1. The Kier molecular flexibility index (Phi) is 2.93. The molecule has 0 aliphatic heterocycles. The van der Waals surface area contributed by atoms with Crippen LogP contribution < -0.4 is 10.6 Å². The number of aromatic nitrogens is 2. The number of hydrogen-bond donors (Lipinski definition) is 2. The molecule has 0 amide bonds. The number of hydrogen-bond acceptors (Lipinski definition) is 4. The van der Waals surface area contributed by atoms with Gasteiger partial charge in [0.1, 0.15) is 5.02 Å². The summed E-state index contributed by atoms with van der Waals surface area (Å²) in [5.41, 5.74) is 0.0446. The Morgan fingerprint density at radius 3 is 2.69 bits per heavy atom. The second kappa shape index (κ2) is 4.09. The van der Waals surface area contributed by atoms with Gasteiger partial charge >= 0.3 is 0 Å². The Labute approximate surface area is 101 Å². The summed E-state index contributed by atoms with van der Waals surface area (Å²) >= 11 is 6.07. The van der Waals surface area contributed by atoms with Crippen molar-refractivity contribution in [3.63, 3.8) is 0 Å². The first-order valence-corrected chi connectivity index (χ1v) is 5.89. The highest BCUT2D eigenvalue weighted by molar-refractivity contribution is 6.32. The van der Waals surface area contributed by atoms with E-state index >= 15 is 0 Å². The van der Waals surface area contributed by atoms with E-state index < -0.39 is 0 Å². The topological polar surface area (TPSA) is 49.8 Å². The molecule has 0 radical (unpaired) electrons. The van der Waals surface area contributed by atoms with Gasteiger partial charge in [-0.15, -0.1) is 0 Å². The molecule has 4 nitrogen and oxygen atoms in total. The molecule has 1 heterocycles. The van der Waals surface area contributed by atoms with E-state index in [4.69, 9.17) is 11.6 Å². The molecule has 1 fully saturated rings. The van der Waals surface area contributed by atoms with Crippen LogP contribution in [-0.4, -0.2) is 22.6 Å². The zero-order valence-corrected chi connectivity index (χ0v) is 10.6. The Morgan fingerprint density at radius 2 is 2.12 bits per heavy atom. The van der Waals surface area contributed by atoms with Gasteiger partial charge in [-0.1, -0.05) is 11.6 Å². The molecule has 0 bridgehead atoms. The molecular formula is C11H17ClN4. The first-order chi connectivity index (χ1) is 7.53. The molecule has 1 aromatic rings. The minimum atomic E-state index is 0.0446. The van der Waals surface area contributed by atoms with Crippen LogP contribution in [0.15, 0.2) is 6.20 Å². The lowest BCUT2D eigenvalue weighted by molar-refractivity contribution is 0.492. The molecule has 0 aromatic carbocycles. The first-order valence-electron chi connectivity index (χ1n) is 5.51. The largest absolute Gasteiger partial charge is 0.364 e. The number of rotatable bonds is 4. The average molecular weight is 241 g/mol. The van der Waals surface area contributed by atoms with E-state index in [0.717, 1.165) is 5.92 Å². The Bertz CT molecular complexity index is 388. The summed E-state index contributed by atoms with van der Waals surface area (Å²) in [6, 6.07) is 0. The fraction of sp³-hybridized carbons (Fsp3) is 0.636. The van der Waals surface area contributed by atoms with E-state index in [1.165, 1.54) is 12.8 Å². The highest BCUT2D eigenvalue weighted by Gasteiger charge is 2.38. The maximum Gasteiger partial charge on any atom is 0.224 e. The van der Waals surface area contributed by atoms with Gasteiger partial charge in [0.25, 0.3) is 0 Å². The molecule has 0 spiro atoms. The van der Waals surface area contributed by atoms with Crippen molar-refractivity contribution in [1.82, 2.24) is 9.97 Å². The van der Waals surface area contributed by atoms with Gasteiger partial charge in [0.05, 0.1) is 6.20 Å². The van der Waals surface area contributed by atoms with Gasteiger partial charge < -0.3 is 10.6 Å². The summed E-state index contributed by atoms with van der Waals surface area (Å²) in [5.74, 6) is 2.01. The van der Waals surface area contributed by atoms with Crippen molar-refractivity contribution >= 4 is 23.4 Å². The van der Waals surface area contributed by atoms with E-state index in [9.17, 15) is 0 Å². The van der Waals surface area contributed by atoms with E-state index in [1.807, 2.05) is 0 Å². The Morgan fingerprint density at radius 1 is 1.44 bits per heavy atom. The van der Waals surface area contributed by atoms with Crippen molar-refractivity contribution in [3.8, 4) is 0 Å². The number of nitrogens with zero attached hydrogens (tertiary/aromatic N) is 2. The fourth-order valence-corrected chi connectivity index (χ4v) is 1.93. The molecule has 1 aliphatic rings. The van der Waals surface area contributed by atoms with Crippen LogP contribution in [0.2, 0.25) is 5.02 Å². The molecule has 5 heteroatoms. The molecule has 2 N–H and O–H groups in total. The fourth-order valence-electron chi connectivity index (χ4n) is 1.79.